The number of ketones is 2. The second kappa shape index (κ2) is 12.1. The lowest BCUT2D eigenvalue weighted by Crippen LogP contribution is -2.76. The van der Waals surface area contributed by atoms with Crippen LogP contribution in [0.1, 0.15) is 33.6 Å². The Labute approximate surface area is 169 Å². The number of ether oxygens (including phenoxy) is 1. The summed E-state index contributed by atoms with van der Waals surface area (Å²) in [6.07, 6.45) is -0.154. The van der Waals surface area contributed by atoms with Crippen LogP contribution in [0.5, 0.6) is 0 Å². The summed E-state index contributed by atoms with van der Waals surface area (Å²) in [6, 6.07) is -0.969. The van der Waals surface area contributed by atoms with Gasteiger partial charge in [-0.25, -0.2) is 0 Å². The van der Waals surface area contributed by atoms with Gasteiger partial charge < -0.3 is 32.6 Å². The number of amides is 2. The largest absolute Gasteiger partial charge is 0.348 e. The molecular formula is C16H32N6O5S. The summed E-state index contributed by atoms with van der Waals surface area (Å²) in [5.41, 5.74) is 23.2. The van der Waals surface area contributed by atoms with Gasteiger partial charge in [-0.1, -0.05) is 6.92 Å². The third kappa shape index (κ3) is 7.45. The van der Waals surface area contributed by atoms with Gasteiger partial charge in [0.15, 0.2) is 16.4 Å². The minimum atomic E-state index is -1.94. The summed E-state index contributed by atoms with van der Waals surface area (Å²) < 4.78 is 5.43. The molecule has 0 saturated carbocycles. The number of rotatable bonds is 14. The van der Waals surface area contributed by atoms with Crippen molar-refractivity contribution >= 4 is 35.1 Å². The predicted octanol–water partition coefficient (Wildman–Crippen LogP) is -2.50. The van der Waals surface area contributed by atoms with E-state index in [0.29, 0.717) is 5.75 Å². The van der Waals surface area contributed by atoms with E-state index in [9.17, 15) is 19.2 Å². The number of hydrogen-bond acceptors (Lipinski definition) is 10. The SMILES string of the molecule is CCOC(N)(NC(=O)CCC(N)C(=O)CNC(=O)CN)C(N)(SCC)C(C)=O. The van der Waals surface area contributed by atoms with E-state index in [4.69, 9.17) is 27.7 Å². The maximum Gasteiger partial charge on any atom is 0.234 e. The van der Waals surface area contributed by atoms with Crippen molar-refractivity contribution in [2.75, 3.05) is 25.4 Å². The summed E-state index contributed by atoms with van der Waals surface area (Å²) in [4.78, 5) is 45.7. The van der Waals surface area contributed by atoms with Crippen molar-refractivity contribution in [3.63, 3.8) is 0 Å². The van der Waals surface area contributed by atoms with Crippen molar-refractivity contribution < 1.29 is 23.9 Å². The maximum atomic E-state index is 12.3. The van der Waals surface area contributed by atoms with Crippen molar-refractivity contribution in [3.05, 3.63) is 0 Å². The topological polar surface area (TPSA) is 206 Å². The van der Waals surface area contributed by atoms with Gasteiger partial charge in [0.05, 0.1) is 19.1 Å². The molecule has 0 aromatic carbocycles. The molecule has 0 aliphatic carbocycles. The fourth-order valence-corrected chi connectivity index (χ4v) is 3.25. The molecule has 28 heavy (non-hydrogen) atoms. The molecule has 0 heterocycles. The minimum absolute atomic E-state index is 0.00390. The third-order valence-corrected chi connectivity index (χ3v) is 5.22. The second-order valence-electron chi connectivity index (χ2n) is 6.03. The van der Waals surface area contributed by atoms with Gasteiger partial charge in [0.25, 0.3) is 0 Å². The highest BCUT2D eigenvalue weighted by Crippen LogP contribution is 2.30. The Bertz CT molecular complexity index is 578. The average molecular weight is 421 g/mol. The Morgan fingerprint density at radius 3 is 2.21 bits per heavy atom. The Kier molecular flexibility index (Phi) is 11.4. The highest BCUT2D eigenvalue weighted by molar-refractivity contribution is 8.01. The Morgan fingerprint density at radius 1 is 1.14 bits per heavy atom. The van der Waals surface area contributed by atoms with E-state index in [0.717, 1.165) is 11.8 Å². The van der Waals surface area contributed by atoms with Crippen LogP contribution in [-0.4, -0.2) is 65.6 Å². The van der Waals surface area contributed by atoms with Crippen LogP contribution in [0.15, 0.2) is 0 Å². The summed E-state index contributed by atoms with van der Waals surface area (Å²) in [6.45, 7) is 4.29. The molecule has 0 aliphatic heterocycles. The molecule has 11 nitrogen and oxygen atoms in total. The van der Waals surface area contributed by atoms with Crippen LogP contribution in [0.25, 0.3) is 0 Å². The first kappa shape index (κ1) is 26.4. The highest BCUT2D eigenvalue weighted by atomic mass is 32.2. The summed E-state index contributed by atoms with van der Waals surface area (Å²) in [7, 11) is 0. The van der Waals surface area contributed by atoms with E-state index in [1.807, 2.05) is 0 Å². The van der Waals surface area contributed by atoms with Crippen LogP contribution in [0.2, 0.25) is 0 Å². The Balaban J connectivity index is 4.96. The van der Waals surface area contributed by atoms with E-state index in [1.165, 1.54) is 6.92 Å². The second-order valence-corrected chi connectivity index (χ2v) is 7.54. The zero-order valence-corrected chi connectivity index (χ0v) is 17.4. The molecule has 0 rings (SSSR count). The molecule has 0 fully saturated rings. The van der Waals surface area contributed by atoms with Crippen molar-refractivity contribution in [1.82, 2.24) is 10.6 Å². The lowest BCUT2D eigenvalue weighted by molar-refractivity contribution is -0.146. The number of thioether (sulfide) groups is 1. The molecule has 0 spiro atoms. The van der Waals surface area contributed by atoms with E-state index < -0.39 is 40.1 Å². The van der Waals surface area contributed by atoms with Gasteiger partial charge >= 0.3 is 0 Å². The van der Waals surface area contributed by atoms with Gasteiger partial charge in [-0.2, -0.15) is 0 Å². The monoisotopic (exact) mass is 420 g/mol. The van der Waals surface area contributed by atoms with Gasteiger partial charge in [-0.15, -0.1) is 11.8 Å². The molecule has 0 bridgehead atoms. The normalized spacial score (nSPS) is 16.4. The van der Waals surface area contributed by atoms with Gasteiger partial charge in [0.1, 0.15) is 0 Å². The van der Waals surface area contributed by atoms with Crippen LogP contribution in [0.4, 0.5) is 0 Å². The number of nitrogens with two attached hydrogens (primary N) is 4. The zero-order chi connectivity index (χ0) is 22.0. The van der Waals surface area contributed by atoms with E-state index in [-0.39, 0.29) is 32.5 Å². The minimum Gasteiger partial charge on any atom is -0.348 e. The standard InChI is InChI=1S/C16H32N6O5S/c1-4-27-16(20,15(19,10(3)23)28-5-2)22-13(25)7-6-11(18)12(24)9-21-14(26)8-17/h11H,4-9,17-20H2,1-3H3,(H,21,26)(H,22,25). The number of hydrogen-bond donors (Lipinski definition) is 6. The summed E-state index contributed by atoms with van der Waals surface area (Å²) in [5.74, 6) is -3.45. The van der Waals surface area contributed by atoms with E-state index >= 15 is 0 Å². The quantitative estimate of drug-likeness (QED) is 0.163. The molecule has 0 aliphatic rings. The summed E-state index contributed by atoms with van der Waals surface area (Å²) in [5, 5.41) is 4.76. The van der Waals surface area contributed by atoms with Crippen molar-refractivity contribution in [1.29, 1.82) is 0 Å². The first-order chi connectivity index (χ1) is 13.0. The van der Waals surface area contributed by atoms with E-state index in [2.05, 4.69) is 10.6 Å². The lowest BCUT2D eigenvalue weighted by atomic mass is 10.1. The molecule has 2 amide bonds. The maximum absolute atomic E-state index is 12.3. The number of carbonyl (C=O) groups excluding carboxylic acids is 4. The third-order valence-electron chi connectivity index (χ3n) is 3.89. The Hall–Kier alpha value is -1.57. The van der Waals surface area contributed by atoms with Crippen LogP contribution >= 0.6 is 11.8 Å². The van der Waals surface area contributed by atoms with Gasteiger partial charge in [-0.05, 0) is 26.0 Å². The van der Waals surface area contributed by atoms with Gasteiger partial charge in [-0.3, -0.25) is 24.9 Å². The van der Waals surface area contributed by atoms with Crippen LogP contribution < -0.4 is 33.6 Å². The number of nitrogens with one attached hydrogen (secondary N) is 2. The first-order valence-corrected chi connectivity index (χ1v) is 9.88. The molecule has 10 N–H and O–H groups in total. The highest BCUT2D eigenvalue weighted by Gasteiger charge is 2.52. The smallest absolute Gasteiger partial charge is 0.234 e. The molecule has 3 atom stereocenters. The lowest BCUT2D eigenvalue weighted by Gasteiger charge is -2.43. The average Bonchev–Trinajstić information content (AvgIpc) is 2.63. The van der Waals surface area contributed by atoms with Crippen LogP contribution in [0.3, 0.4) is 0 Å². The molecule has 3 unspecified atom stereocenters. The molecule has 0 saturated heterocycles. The van der Waals surface area contributed by atoms with Gasteiger partial charge in [0.2, 0.25) is 17.7 Å². The molecule has 0 aromatic rings. The fourth-order valence-electron chi connectivity index (χ4n) is 2.27. The summed E-state index contributed by atoms with van der Waals surface area (Å²) >= 11 is 1.05. The van der Waals surface area contributed by atoms with E-state index in [1.54, 1.807) is 13.8 Å². The fraction of sp³-hybridized carbons (Fsp3) is 0.750. The molecule has 0 radical (unpaired) electrons. The molecule has 12 heteroatoms. The number of carbonyl (C=O) groups is 4. The van der Waals surface area contributed by atoms with Crippen LogP contribution in [0, 0.1) is 0 Å². The molecular weight excluding hydrogens is 388 g/mol. The first-order valence-electron chi connectivity index (χ1n) is 8.90. The number of Topliss-reactive ketones (excluding diaryl/α,β-unsaturated/α-hetero) is 2. The van der Waals surface area contributed by atoms with Gasteiger partial charge in [0, 0.05) is 13.0 Å². The molecule has 0 aromatic heterocycles. The van der Waals surface area contributed by atoms with Crippen molar-refractivity contribution in [2.24, 2.45) is 22.9 Å². The zero-order valence-electron chi connectivity index (χ0n) is 16.6. The van der Waals surface area contributed by atoms with Crippen molar-refractivity contribution in [2.45, 2.75) is 50.4 Å². The Morgan fingerprint density at radius 2 is 1.75 bits per heavy atom. The van der Waals surface area contributed by atoms with Crippen LogP contribution in [-0.2, 0) is 23.9 Å². The predicted molar refractivity (Wildman–Crippen MR) is 107 cm³/mol. The van der Waals surface area contributed by atoms with Crippen molar-refractivity contribution in [3.8, 4) is 0 Å². The molecule has 162 valence electrons.